The number of hydrogen-bond donors (Lipinski definition) is 0. The fourth-order valence-corrected chi connectivity index (χ4v) is 15.0. The molecule has 1 heterocycles. The third-order valence-corrected chi connectivity index (χ3v) is 19.6. The molecule has 0 radical (unpaired) electrons. The highest BCUT2D eigenvalue weighted by Crippen LogP contribution is 2.37. The Balaban J connectivity index is 1.19. The second-order valence-electron chi connectivity index (χ2n) is 21.5. The minimum atomic E-state index is -3.34. The fourth-order valence-electron chi connectivity index (χ4n) is 10.4. The van der Waals surface area contributed by atoms with Gasteiger partial charge in [-0.1, -0.05) is 233 Å². The minimum absolute atomic E-state index is 0.0000209. The number of benzene rings is 7. The molecule has 0 bridgehead atoms. The van der Waals surface area contributed by atoms with Gasteiger partial charge in [-0.3, -0.25) is 38.7 Å². The van der Waals surface area contributed by atoms with E-state index in [9.17, 15) is 24.0 Å². The number of carbonyl (C=O) groups excluding carboxylic acids is 5. The topological polar surface area (TPSA) is 150 Å². The van der Waals surface area contributed by atoms with Gasteiger partial charge < -0.3 is 28.1 Å². The Bertz CT molecular complexity index is 2990. The summed E-state index contributed by atoms with van der Waals surface area (Å²) in [5.41, 5.74) is 3.94. The molecule has 1 aliphatic heterocycles. The monoisotopic (exact) mass is 1120 g/mol. The Morgan fingerprint density at radius 3 is 1.20 bits per heavy atom. The third-order valence-electron chi connectivity index (χ3n) is 14.6. The fraction of sp³-hybridized carbons (Fsp3) is 0.299. The highest BCUT2D eigenvalue weighted by molar-refractivity contribution is 6.99. The van der Waals surface area contributed by atoms with Gasteiger partial charge in [0.15, 0.2) is 0 Å². The zero-order valence-corrected chi connectivity index (χ0v) is 48.0. The zero-order valence-electron chi connectivity index (χ0n) is 47.0. The van der Waals surface area contributed by atoms with Crippen molar-refractivity contribution in [3.05, 3.63) is 240 Å². The van der Waals surface area contributed by atoms with Crippen LogP contribution < -0.4 is 10.4 Å². The second kappa shape index (κ2) is 30.1. The average Bonchev–Trinajstić information content (AvgIpc) is 2.84. The average molecular weight is 1120 g/mol. The second-order valence-corrected chi connectivity index (χ2v) is 25.8. The molecule has 82 heavy (non-hydrogen) atoms. The number of carbonyl (C=O) groups is 5. The lowest BCUT2D eigenvalue weighted by atomic mass is 10.1. The van der Waals surface area contributed by atoms with E-state index in [-0.39, 0.29) is 85.3 Å². The molecule has 0 saturated carbocycles. The van der Waals surface area contributed by atoms with E-state index < -0.39 is 61.3 Å². The summed E-state index contributed by atoms with van der Waals surface area (Å²) in [6.45, 7) is 5.30. The van der Waals surface area contributed by atoms with E-state index in [1.165, 1.54) is 0 Å². The van der Waals surface area contributed by atoms with Crippen molar-refractivity contribution in [2.45, 2.75) is 83.4 Å². The van der Waals surface area contributed by atoms with Crippen LogP contribution in [0, 0.1) is 0 Å². The van der Waals surface area contributed by atoms with Crippen molar-refractivity contribution >= 4 is 48.5 Å². The van der Waals surface area contributed by atoms with Gasteiger partial charge in [0.2, 0.25) is 0 Å². The van der Waals surface area contributed by atoms with E-state index in [0.29, 0.717) is 0 Å². The van der Waals surface area contributed by atoms with Gasteiger partial charge in [0.05, 0.1) is 32.8 Å². The van der Waals surface area contributed by atoms with Gasteiger partial charge in [-0.05, 0) is 49.6 Å². The van der Waals surface area contributed by atoms with Crippen LogP contribution in [-0.2, 0) is 85.1 Å². The van der Waals surface area contributed by atoms with Crippen LogP contribution in [0.1, 0.15) is 55.0 Å². The van der Waals surface area contributed by atoms with Gasteiger partial charge in [-0.2, -0.15) is 0 Å². The van der Waals surface area contributed by atoms with E-state index in [4.69, 9.17) is 28.1 Å². The molecule has 0 aromatic heterocycles. The van der Waals surface area contributed by atoms with Gasteiger partial charge in [-0.15, -0.1) is 0 Å². The molecular formula is C67H73N3O11Si. The number of esters is 5. The van der Waals surface area contributed by atoms with Crippen LogP contribution in [0.2, 0.25) is 5.04 Å². The number of ether oxygens (including phenoxy) is 5. The molecule has 15 heteroatoms. The van der Waals surface area contributed by atoms with Crippen molar-refractivity contribution in [3.8, 4) is 0 Å². The third kappa shape index (κ3) is 17.5. The first kappa shape index (κ1) is 60.1. The normalized spacial score (nSPS) is 14.9. The molecule has 3 atom stereocenters. The SMILES string of the molecule is CC(C)(C)[Si](OC[C@H](CN(CC(=O)OCc1ccccc1)C1CC(C(=O)OCc2ccccc2)N(CC(=O)OCc2ccccc2)C1)N(CC(=O)OCc1ccccc1)CC(=O)OCc1ccccc1)(c1ccccc1)c1ccccc1. The smallest absolute Gasteiger partial charge is 0.323 e. The summed E-state index contributed by atoms with van der Waals surface area (Å²) in [4.78, 5) is 76.9. The molecule has 0 aliphatic carbocycles. The first-order valence-electron chi connectivity index (χ1n) is 27.8. The number of nitrogens with zero attached hydrogens (tertiary/aromatic N) is 3. The summed E-state index contributed by atoms with van der Waals surface area (Å²) in [5.74, 6) is -2.87. The first-order valence-corrected chi connectivity index (χ1v) is 29.7. The lowest BCUT2D eigenvalue weighted by molar-refractivity contribution is -0.154. The molecule has 7 aromatic rings. The van der Waals surface area contributed by atoms with Crippen molar-refractivity contribution < 1.29 is 52.1 Å². The van der Waals surface area contributed by atoms with Crippen molar-refractivity contribution in [2.75, 3.05) is 45.9 Å². The van der Waals surface area contributed by atoms with E-state index >= 15 is 0 Å². The largest absolute Gasteiger partial charge is 0.460 e. The molecule has 0 N–H and O–H groups in total. The molecule has 0 spiro atoms. The molecule has 7 aromatic carbocycles. The van der Waals surface area contributed by atoms with Crippen molar-refractivity contribution in [3.63, 3.8) is 0 Å². The lowest BCUT2D eigenvalue weighted by Crippen LogP contribution is -2.68. The van der Waals surface area contributed by atoms with E-state index in [0.717, 1.165) is 38.2 Å². The molecule has 0 amide bonds. The van der Waals surface area contributed by atoms with Crippen LogP contribution in [0.4, 0.5) is 0 Å². The van der Waals surface area contributed by atoms with Crippen LogP contribution in [-0.4, -0.2) is 117 Å². The molecular weight excluding hydrogens is 1050 g/mol. The maximum atomic E-state index is 14.5. The van der Waals surface area contributed by atoms with Crippen LogP contribution in [0.3, 0.4) is 0 Å². The molecule has 1 fully saturated rings. The van der Waals surface area contributed by atoms with Gasteiger partial charge in [0.1, 0.15) is 39.1 Å². The predicted octanol–water partition coefficient (Wildman–Crippen LogP) is 8.70. The van der Waals surface area contributed by atoms with Crippen molar-refractivity contribution in [1.29, 1.82) is 0 Å². The summed E-state index contributed by atoms with van der Waals surface area (Å²) >= 11 is 0. The maximum Gasteiger partial charge on any atom is 0.323 e. The highest BCUT2D eigenvalue weighted by atomic mass is 28.4. The molecule has 1 saturated heterocycles. The summed E-state index contributed by atoms with van der Waals surface area (Å²) in [7, 11) is -3.34. The molecule has 426 valence electrons. The van der Waals surface area contributed by atoms with Crippen molar-refractivity contribution in [2.24, 2.45) is 0 Å². The maximum absolute atomic E-state index is 14.5. The summed E-state index contributed by atoms with van der Waals surface area (Å²) < 4.78 is 37.3. The van der Waals surface area contributed by atoms with E-state index in [1.807, 2.05) is 193 Å². The Hall–Kier alpha value is -8.05. The number of hydrogen-bond acceptors (Lipinski definition) is 14. The van der Waals surface area contributed by atoms with Crippen molar-refractivity contribution in [1.82, 2.24) is 14.7 Å². The summed E-state index contributed by atoms with van der Waals surface area (Å²) in [6, 6.07) is 64.6. The zero-order chi connectivity index (χ0) is 57.6. The lowest BCUT2D eigenvalue weighted by Gasteiger charge is -2.45. The van der Waals surface area contributed by atoms with Gasteiger partial charge in [-0.25, -0.2) is 0 Å². The predicted molar refractivity (Wildman–Crippen MR) is 315 cm³/mol. The van der Waals surface area contributed by atoms with Gasteiger partial charge >= 0.3 is 29.8 Å². The highest BCUT2D eigenvalue weighted by Gasteiger charge is 2.51. The Morgan fingerprint density at radius 2 is 0.817 bits per heavy atom. The Labute approximate surface area is 482 Å². The Morgan fingerprint density at radius 1 is 0.476 bits per heavy atom. The standard InChI is InChI=1S/C67H73N3O11Si/c1-67(2,3)82(59-35-21-9-22-36-59,60-37-23-10-24-38-60)81-51-58(69(43-63(72)77-47-53-27-13-5-14-28-53)44-64(73)78-48-54-29-15-6-16-30-54)41-68(42-62(71)76-46-52-25-11-4-12-26-52)57-39-61(66(75)80-50-56-33-19-8-20-34-56)70(40-57)45-65(74)79-49-55-31-17-7-18-32-55/h4-38,57-58,61H,39-51H2,1-3H3/t57?,58-,61?/m0/s1. The van der Waals surface area contributed by atoms with Crippen LogP contribution >= 0.6 is 0 Å². The van der Waals surface area contributed by atoms with Gasteiger partial charge in [0, 0.05) is 25.2 Å². The molecule has 8 rings (SSSR count). The van der Waals surface area contributed by atoms with E-state index in [1.54, 1.807) is 9.80 Å². The van der Waals surface area contributed by atoms with Gasteiger partial charge in [0.25, 0.3) is 8.32 Å². The van der Waals surface area contributed by atoms with Crippen LogP contribution in [0.25, 0.3) is 0 Å². The van der Waals surface area contributed by atoms with E-state index in [2.05, 4.69) is 45.0 Å². The first-order chi connectivity index (χ1) is 39.8. The summed E-state index contributed by atoms with van der Waals surface area (Å²) in [5, 5.41) is 1.53. The molecule has 1 aliphatic rings. The number of likely N-dealkylation sites (tertiary alicyclic amines) is 1. The van der Waals surface area contributed by atoms with Crippen LogP contribution in [0.5, 0.6) is 0 Å². The molecule has 2 unspecified atom stereocenters. The van der Waals surface area contributed by atoms with Crippen LogP contribution in [0.15, 0.2) is 212 Å². The summed E-state index contributed by atoms with van der Waals surface area (Å²) in [6.07, 6.45) is 0.131. The minimum Gasteiger partial charge on any atom is -0.460 e. The number of rotatable bonds is 28. The Kier molecular flexibility index (Phi) is 22.1. The quantitative estimate of drug-likeness (QED) is 0.0261. The molecule has 14 nitrogen and oxygen atoms in total.